The maximum atomic E-state index is 12.1. The summed E-state index contributed by atoms with van der Waals surface area (Å²) in [5.41, 5.74) is -0.156. The van der Waals surface area contributed by atoms with Gasteiger partial charge in [0.2, 0.25) is 5.43 Å². The summed E-state index contributed by atoms with van der Waals surface area (Å²) < 4.78 is 5.39. The highest BCUT2D eigenvalue weighted by Gasteiger charge is 2.13. The minimum Gasteiger partial charge on any atom is -0.508 e. The van der Waals surface area contributed by atoms with E-state index in [9.17, 15) is 20.1 Å². The lowest BCUT2D eigenvalue weighted by Crippen LogP contribution is -2.02. The SMILES string of the molecule is O=c1c2ccc(O)cc2oc2cc(O)cc(O)c12. The number of phenols is 3. The van der Waals surface area contributed by atoms with Crippen LogP contribution in [0.25, 0.3) is 21.9 Å². The van der Waals surface area contributed by atoms with Gasteiger partial charge in [-0.15, -0.1) is 0 Å². The number of fused-ring (bicyclic) bond motifs is 2. The molecule has 0 spiro atoms. The van der Waals surface area contributed by atoms with Gasteiger partial charge in [-0.1, -0.05) is 0 Å². The summed E-state index contributed by atoms with van der Waals surface area (Å²) in [7, 11) is 0. The first kappa shape index (κ1) is 10.5. The molecule has 1 heterocycles. The minimum absolute atomic E-state index is 0.00555. The molecule has 18 heavy (non-hydrogen) atoms. The molecular weight excluding hydrogens is 236 g/mol. The van der Waals surface area contributed by atoms with E-state index >= 15 is 0 Å². The number of benzene rings is 2. The smallest absolute Gasteiger partial charge is 0.204 e. The lowest BCUT2D eigenvalue weighted by Gasteiger charge is -2.04. The third-order valence-corrected chi connectivity index (χ3v) is 2.72. The van der Waals surface area contributed by atoms with Gasteiger partial charge in [0.15, 0.2) is 0 Å². The summed E-state index contributed by atoms with van der Waals surface area (Å²) in [6.07, 6.45) is 0. The van der Waals surface area contributed by atoms with Crippen molar-refractivity contribution >= 4 is 21.9 Å². The van der Waals surface area contributed by atoms with Crippen molar-refractivity contribution in [3.8, 4) is 17.2 Å². The molecule has 0 saturated heterocycles. The summed E-state index contributed by atoms with van der Waals surface area (Å²) in [5.74, 6) is -0.578. The fourth-order valence-corrected chi connectivity index (χ4v) is 1.93. The number of aromatic hydroxyl groups is 3. The van der Waals surface area contributed by atoms with Crippen LogP contribution in [0.4, 0.5) is 0 Å². The second-order valence-corrected chi connectivity index (χ2v) is 3.95. The van der Waals surface area contributed by atoms with Crippen LogP contribution in [0.15, 0.2) is 39.5 Å². The third-order valence-electron chi connectivity index (χ3n) is 2.72. The lowest BCUT2D eigenvalue weighted by atomic mass is 10.1. The molecule has 0 radical (unpaired) electrons. The second-order valence-electron chi connectivity index (χ2n) is 3.95. The Hall–Kier alpha value is -2.69. The van der Waals surface area contributed by atoms with Crippen molar-refractivity contribution in [1.82, 2.24) is 0 Å². The molecule has 3 rings (SSSR count). The van der Waals surface area contributed by atoms with E-state index in [4.69, 9.17) is 4.42 Å². The zero-order chi connectivity index (χ0) is 12.9. The van der Waals surface area contributed by atoms with Crippen molar-refractivity contribution in [3.05, 3.63) is 40.6 Å². The van der Waals surface area contributed by atoms with Crippen molar-refractivity contribution in [3.63, 3.8) is 0 Å². The van der Waals surface area contributed by atoms with E-state index in [1.807, 2.05) is 0 Å². The zero-order valence-corrected chi connectivity index (χ0v) is 9.04. The largest absolute Gasteiger partial charge is 0.508 e. The van der Waals surface area contributed by atoms with Crippen LogP contribution in [0.2, 0.25) is 0 Å². The van der Waals surface area contributed by atoms with Gasteiger partial charge >= 0.3 is 0 Å². The average molecular weight is 244 g/mol. The molecule has 0 saturated carbocycles. The molecule has 0 aliphatic heterocycles. The summed E-state index contributed by atoms with van der Waals surface area (Å²) in [4.78, 5) is 12.1. The van der Waals surface area contributed by atoms with Crippen LogP contribution in [0.5, 0.6) is 17.2 Å². The summed E-state index contributed by atoms with van der Waals surface area (Å²) in [5, 5.41) is 28.6. The van der Waals surface area contributed by atoms with Gasteiger partial charge in [-0.2, -0.15) is 0 Å². The van der Waals surface area contributed by atoms with Crippen LogP contribution in [-0.2, 0) is 0 Å². The molecule has 90 valence electrons. The summed E-state index contributed by atoms with van der Waals surface area (Å²) in [6, 6.07) is 6.40. The molecule has 0 aliphatic carbocycles. The minimum atomic E-state index is -0.413. The molecular formula is C13H8O5. The summed E-state index contributed by atoms with van der Waals surface area (Å²) in [6.45, 7) is 0. The normalized spacial score (nSPS) is 11.1. The Bertz CT molecular complexity index is 832. The highest BCUT2D eigenvalue weighted by atomic mass is 16.3. The first-order valence-corrected chi connectivity index (χ1v) is 5.18. The number of hydrogen-bond donors (Lipinski definition) is 3. The molecule has 1 aromatic heterocycles. The van der Waals surface area contributed by atoms with Gasteiger partial charge in [0.05, 0.1) is 5.39 Å². The van der Waals surface area contributed by atoms with E-state index in [1.54, 1.807) is 0 Å². The van der Waals surface area contributed by atoms with Gasteiger partial charge in [0, 0.05) is 18.2 Å². The fraction of sp³-hybridized carbons (Fsp3) is 0. The van der Waals surface area contributed by atoms with Gasteiger partial charge in [0.1, 0.15) is 33.8 Å². The van der Waals surface area contributed by atoms with E-state index in [0.717, 1.165) is 6.07 Å². The summed E-state index contributed by atoms with van der Waals surface area (Å²) >= 11 is 0. The van der Waals surface area contributed by atoms with Crippen molar-refractivity contribution in [2.45, 2.75) is 0 Å². The van der Waals surface area contributed by atoms with E-state index in [2.05, 4.69) is 0 Å². The molecule has 0 unspecified atom stereocenters. The Morgan fingerprint density at radius 2 is 1.61 bits per heavy atom. The van der Waals surface area contributed by atoms with Gasteiger partial charge in [-0.3, -0.25) is 4.79 Å². The maximum Gasteiger partial charge on any atom is 0.204 e. The predicted octanol–water partition coefficient (Wildman–Crippen LogP) is 2.06. The molecule has 0 atom stereocenters. The van der Waals surface area contributed by atoms with Gasteiger partial charge in [0.25, 0.3) is 0 Å². The van der Waals surface area contributed by atoms with Gasteiger partial charge < -0.3 is 19.7 Å². The molecule has 0 bridgehead atoms. The number of rotatable bonds is 0. The van der Waals surface area contributed by atoms with Crippen LogP contribution in [-0.4, -0.2) is 15.3 Å². The topological polar surface area (TPSA) is 90.9 Å². The first-order chi connectivity index (χ1) is 8.56. The molecule has 0 fully saturated rings. The fourth-order valence-electron chi connectivity index (χ4n) is 1.93. The van der Waals surface area contributed by atoms with E-state index in [-0.39, 0.29) is 39.2 Å². The number of phenolic OH excluding ortho intramolecular Hbond substituents is 3. The van der Waals surface area contributed by atoms with Gasteiger partial charge in [-0.25, -0.2) is 0 Å². The van der Waals surface area contributed by atoms with Crippen LogP contribution >= 0.6 is 0 Å². The monoisotopic (exact) mass is 244 g/mol. The Labute approximate surface area is 100 Å². The Morgan fingerprint density at radius 3 is 2.39 bits per heavy atom. The molecule has 0 aliphatic rings. The molecule has 2 aromatic carbocycles. The number of hydrogen-bond acceptors (Lipinski definition) is 5. The van der Waals surface area contributed by atoms with Crippen LogP contribution in [0.1, 0.15) is 0 Å². The van der Waals surface area contributed by atoms with E-state index in [1.165, 1.54) is 24.3 Å². The maximum absolute atomic E-state index is 12.1. The highest BCUT2D eigenvalue weighted by molar-refractivity contribution is 5.94. The quantitative estimate of drug-likeness (QED) is 0.526. The first-order valence-electron chi connectivity index (χ1n) is 5.18. The van der Waals surface area contributed by atoms with Crippen molar-refractivity contribution < 1.29 is 19.7 Å². The Kier molecular flexibility index (Phi) is 1.98. The predicted molar refractivity (Wildman–Crippen MR) is 65.0 cm³/mol. The molecule has 0 amide bonds. The molecule has 3 aromatic rings. The standard InChI is InChI=1S/C13H8O5/c14-6-1-2-8-10(4-6)18-11-5-7(15)3-9(16)12(11)13(8)17/h1-5,14-16H. The Balaban J connectivity index is 2.61. The van der Waals surface area contributed by atoms with Crippen molar-refractivity contribution in [2.75, 3.05) is 0 Å². The van der Waals surface area contributed by atoms with Crippen LogP contribution in [0.3, 0.4) is 0 Å². The Morgan fingerprint density at radius 1 is 0.889 bits per heavy atom. The zero-order valence-electron chi connectivity index (χ0n) is 9.04. The van der Waals surface area contributed by atoms with Crippen LogP contribution in [0, 0.1) is 0 Å². The lowest BCUT2D eigenvalue weighted by molar-refractivity contribution is 0.453. The molecule has 5 nitrogen and oxygen atoms in total. The van der Waals surface area contributed by atoms with E-state index < -0.39 is 5.43 Å². The molecule has 3 N–H and O–H groups in total. The highest BCUT2D eigenvalue weighted by Crippen LogP contribution is 2.30. The van der Waals surface area contributed by atoms with E-state index in [0.29, 0.717) is 0 Å². The van der Waals surface area contributed by atoms with Gasteiger partial charge in [-0.05, 0) is 12.1 Å². The third kappa shape index (κ3) is 1.37. The second kappa shape index (κ2) is 3.40. The van der Waals surface area contributed by atoms with Crippen molar-refractivity contribution in [1.29, 1.82) is 0 Å². The van der Waals surface area contributed by atoms with Crippen molar-refractivity contribution in [2.24, 2.45) is 0 Å². The molecule has 5 heteroatoms. The van der Waals surface area contributed by atoms with Crippen LogP contribution < -0.4 is 5.43 Å². The average Bonchev–Trinajstić information content (AvgIpc) is 2.27.